The van der Waals surface area contributed by atoms with Crippen molar-refractivity contribution in [3.05, 3.63) is 29.6 Å². The normalized spacial score (nSPS) is 22.4. The molecule has 0 radical (unpaired) electrons. The monoisotopic (exact) mass is 263 g/mol. The highest BCUT2D eigenvalue weighted by atomic mass is 32.2. The van der Waals surface area contributed by atoms with E-state index in [9.17, 15) is 4.39 Å². The molecule has 0 saturated carbocycles. The van der Waals surface area contributed by atoms with Gasteiger partial charge in [0.25, 0.3) is 0 Å². The molecule has 0 fully saturated rings. The first-order valence-corrected chi connectivity index (χ1v) is 6.74. The molecule has 3 nitrogen and oxygen atoms in total. The number of hydrogen-bond donors (Lipinski definition) is 1. The molecule has 1 heterocycles. The van der Waals surface area contributed by atoms with Gasteiger partial charge in [-0.3, -0.25) is 4.99 Å². The van der Waals surface area contributed by atoms with Crippen molar-refractivity contribution in [2.75, 3.05) is 11.1 Å². The Hall–Kier alpha value is -1.54. The van der Waals surface area contributed by atoms with E-state index in [2.05, 4.69) is 24.2 Å². The second kappa shape index (κ2) is 4.99. The van der Waals surface area contributed by atoms with E-state index in [0.29, 0.717) is 11.3 Å². The summed E-state index contributed by atoms with van der Waals surface area (Å²) in [6.07, 6.45) is 0.959. The molecule has 1 unspecified atom stereocenters. The van der Waals surface area contributed by atoms with Crippen molar-refractivity contribution in [3.63, 3.8) is 0 Å². The molecule has 1 aliphatic heterocycles. The minimum absolute atomic E-state index is 0.0595. The Morgan fingerprint density at radius 3 is 2.94 bits per heavy atom. The zero-order valence-electron chi connectivity index (χ0n) is 10.3. The Kier molecular flexibility index (Phi) is 3.58. The number of halogens is 1. The number of benzene rings is 1. The highest BCUT2D eigenvalue weighted by molar-refractivity contribution is 8.14. The summed E-state index contributed by atoms with van der Waals surface area (Å²) in [4.78, 5) is 4.55. The van der Waals surface area contributed by atoms with Gasteiger partial charge in [-0.1, -0.05) is 18.7 Å². The van der Waals surface area contributed by atoms with Gasteiger partial charge in [0.2, 0.25) is 0 Å². The van der Waals surface area contributed by atoms with Crippen molar-refractivity contribution in [1.29, 1.82) is 5.26 Å². The first-order valence-electron chi connectivity index (χ1n) is 5.75. The molecule has 5 heteroatoms. The van der Waals surface area contributed by atoms with Crippen LogP contribution in [0.3, 0.4) is 0 Å². The van der Waals surface area contributed by atoms with Gasteiger partial charge in [0.1, 0.15) is 5.82 Å². The van der Waals surface area contributed by atoms with E-state index in [1.165, 1.54) is 6.07 Å². The number of thioether (sulfide) groups is 1. The van der Waals surface area contributed by atoms with Crippen LogP contribution in [0.2, 0.25) is 0 Å². The van der Waals surface area contributed by atoms with Gasteiger partial charge in [-0.05, 0) is 31.5 Å². The molecule has 94 valence electrons. The number of amidine groups is 1. The third-order valence-corrected chi connectivity index (χ3v) is 4.23. The average molecular weight is 263 g/mol. The second-order valence-corrected chi connectivity index (χ2v) is 5.45. The van der Waals surface area contributed by atoms with Crippen molar-refractivity contribution < 1.29 is 4.39 Å². The number of hydrogen-bond acceptors (Lipinski definition) is 4. The van der Waals surface area contributed by atoms with Gasteiger partial charge in [-0.15, -0.1) is 0 Å². The van der Waals surface area contributed by atoms with Crippen LogP contribution in [0.25, 0.3) is 0 Å². The summed E-state index contributed by atoms with van der Waals surface area (Å²) >= 11 is 1.59. The Balaban J connectivity index is 2.17. The number of nitrogens with zero attached hydrogens (tertiary/aromatic N) is 2. The van der Waals surface area contributed by atoms with Crippen LogP contribution in [0.15, 0.2) is 23.2 Å². The lowest BCUT2D eigenvalue weighted by Crippen LogP contribution is -2.20. The molecule has 1 atom stereocenters. The predicted octanol–water partition coefficient (Wildman–Crippen LogP) is 3.38. The van der Waals surface area contributed by atoms with Gasteiger partial charge in [0, 0.05) is 5.75 Å². The molecule has 1 aromatic rings. The quantitative estimate of drug-likeness (QED) is 0.889. The SMILES string of the molecule is CCC1(C)CSC(Nc2ccc(C#N)cc2F)=N1. The van der Waals surface area contributed by atoms with Crippen LogP contribution in [0.1, 0.15) is 25.8 Å². The Morgan fingerprint density at radius 2 is 2.39 bits per heavy atom. The van der Waals surface area contributed by atoms with Gasteiger partial charge in [0.05, 0.1) is 22.9 Å². The third-order valence-electron chi connectivity index (χ3n) is 2.99. The van der Waals surface area contributed by atoms with Crippen LogP contribution in [0.5, 0.6) is 0 Å². The van der Waals surface area contributed by atoms with E-state index in [4.69, 9.17) is 5.26 Å². The summed E-state index contributed by atoms with van der Waals surface area (Å²) in [6.45, 7) is 4.18. The van der Waals surface area contributed by atoms with Crippen molar-refractivity contribution in [2.45, 2.75) is 25.8 Å². The van der Waals surface area contributed by atoms with E-state index in [-0.39, 0.29) is 5.54 Å². The second-order valence-electron chi connectivity index (χ2n) is 4.49. The first kappa shape index (κ1) is 12.9. The minimum atomic E-state index is -0.428. The molecule has 18 heavy (non-hydrogen) atoms. The lowest BCUT2D eigenvalue weighted by molar-refractivity contribution is 0.522. The van der Waals surface area contributed by atoms with Crippen molar-refractivity contribution in [3.8, 4) is 6.07 Å². The maximum Gasteiger partial charge on any atom is 0.161 e. The fraction of sp³-hybridized carbons (Fsp3) is 0.385. The Morgan fingerprint density at radius 1 is 1.61 bits per heavy atom. The zero-order chi connectivity index (χ0) is 13.2. The van der Waals surface area contributed by atoms with Gasteiger partial charge in [0.15, 0.2) is 5.17 Å². The van der Waals surface area contributed by atoms with E-state index in [1.807, 2.05) is 6.07 Å². The largest absolute Gasteiger partial charge is 0.333 e. The number of rotatable bonds is 2. The van der Waals surface area contributed by atoms with E-state index in [1.54, 1.807) is 23.9 Å². The molecular formula is C13H14FN3S. The van der Waals surface area contributed by atoms with E-state index in [0.717, 1.165) is 17.3 Å². The summed E-state index contributed by atoms with van der Waals surface area (Å²) in [6, 6.07) is 6.29. The number of nitrogens with one attached hydrogen (secondary N) is 1. The summed E-state index contributed by atoms with van der Waals surface area (Å²) < 4.78 is 13.7. The number of anilines is 1. The highest BCUT2D eigenvalue weighted by Gasteiger charge is 2.28. The molecule has 0 spiro atoms. The maximum absolute atomic E-state index is 13.7. The van der Waals surface area contributed by atoms with Crippen molar-refractivity contribution >= 4 is 22.6 Å². The summed E-state index contributed by atoms with van der Waals surface area (Å²) in [5, 5.41) is 12.4. The van der Waals surface area contributed by atoms with Gasteiger partial charge >= 0.3 is 0 Å². The third kappa shape index (κ3) is 2.65. The summed E-state index contributed by atoms with van der Waals surface area (Å²) in [5.41, 5.74) is 0.619. The molecule has 1 N–H and O–H groups in total. The number of nitriles is 1. The molecule has 2 rings (SSSR count). The smallest absolute Gasteiger partial charge is 0.161 e. The lowest BCUT2D eigenvalue weighted by atomic mass is 10.0. The molecule has 0 amide bonds. The Labute approximate surface area is 110 Å². The predicted molar refractivity (Wildman–Crippen MR) is 73.3 cm³/mol. The van der Waals surface area contributed by atoms with Crippen molar-refractivity contribution in [2.24, 2.45) is 4.99 Å². The average Bonchev–Trinajstić information content (AvgIpc) is 2.74. The molecule has 0 bridgehead atoms. The zero-order valence-corrected chi connectivity index (χ0v) is 11.1. The fourth-order valence-electron chi connectivity index (χ4n) is 1.58. The van der Waals surface area contributed by atoms with Gasteiger partial charge in [-0.2, -0.15) is 5.26 Å². The molecule has 0 aromatic heterocycles. The summed E-state index contributed by atoms with van der Waals surface area (Å²) in [7, 11) is 0. The lowest BCUT2D eigenvalue weighted by Gasteiger charge is -2.15. The molecule has 0 saturated heterocycles. The van der Waals surface area contributed by atoms with Crippen LogP contribution in [0, 0.1) is 17.1 Å². The van der Waals surface area contributed by atoms with Crippen LogP contribution in [0.4, 0.5) is 10.1 Å². The summed E-state index contributed by atoms with van der Waals surface area (Å²) in [5.74, 6) is 0.478. The minimum Gasteiger partial charge on any atom is -0.333 e. The van der Waals surface area contributed by atoms with Crippen LogP contribution >= 0.6 is 11.8 Å². The van der Waals surface area contributed by atoms with Crippen LogP contribution in [-0.2, 0) is 0 Å². The van der Waals surface area contributed by atoms with Crippen LogP contribution in [-0.4, -0.2) is 16.5 Å². The van der Waals surface area contributed by atoms with Crippen LogP contribution < -0.4 is 5.32 Å². The molecule has 0 aliphatic carbocycles. The van der Waals surface area contributed by atoms with Gasteiger partial charge in [-0.25, -0.2) is 4.39 Å². The molecular weight excluding hydrogens is 249 g/mol. The topological polar surface area (TPSA) is 48.2 Å². The van der Waals surface area contributed by atoms with Crippen molar-refractivity contribution in [1.82, 2.24) is 0 Å². The molecule has 1 aromatic carbocycles. The van der Waals surface area contributed by atoms with Gasteiger partial charge < -0.3 is 5.32 Å². The van der Waals surface area contributed by atoms with E-state index >= 15 is 0 Å². The maximum atomic E-state index is 13.7. The van der Waals surface area contributed by atoms with E-state index < -0.39 is 5.82 Å². The standard InChI is InChI=1S/C13H14FN3S/c1-3-13(2)8-18-12(17-13)16-11-5-4-9(7-15)6-10(11)14/h4-6H,3,8H2,1-2H3,(H,16,17). The highest BCUT2D eigenvalue weighted by Crippen LogP contribution is 2.31. The Bertz CT molecular complexity index is 536. The first-order chi connectivity index (χ1) is 8.56. The number of aliphatic imine (C=N–C) groups is 1. The molecule has 1 aliphatic rings. The fourth-order valence-corrected chi connectivity index (χ4v) is 2.76.